The summed E-state index contributed by atoms with van der Waals surface area (Å²) in [6, 6.07) is 10.3. The number of nitrogens with zero attached hydrogens (tertiary/aromatic N) is 2. The van der Waals surface area contributed by atoms with Gasteiger partial charge in [0.1, 0.15) is 16.0 Å². The predicted molar refractivity (Wildman–Crippen MR) is 86.5 cm³/mol. The first-order valence-corrected chi connectivity index (χ1v) is 7.94. The van der Waals surface area contributed by atoms with Crippen molar-refractivity contribution in [1.29, 1.82) is 0 Å². The first-order valence-electron chi connectivity index (χ1n) is 6.58. The van der Waals surface area contributed by atoms with Gasteiger partial charge in [0.15, 0.2) is 0 Å². The Balaban J connectivity index is 2.16. The largest absolute Gasteiger partial charge is 0.226 e. The molecule has 106 valence electrons. The lowest BCUT2D eigenvalue weighted by Gasteiger charge is -2.17. The number of thioether (sulfide) groups is 1. The van der Waals surface area contributed by atoms with Gasteiger partial charge < -0.3 is 0 Å². The molecular weight excluding hydrogens is 288 g/mol. The number of aryl methyl sites for hydroxylation is 1. The number of rotatable bonds is 3. The maximum Gasteiger partial charge on any atom is 0.136 e. The molecule has 2 rings (SSSR count). The fourth-order valence-electron chi connectivity index (χ4n) is 1.77. The van der Waals surface area contributed by atoms with E-state index in [-0.39, 0.29) is 5.41 Å². The molecule has 0 aliphatic carbocycles. The minimum absolute atomic E-state index is 0.0937. The number of hydrogen-bond donors (Lipinski definition) is 0. The first-order chi connectivity index (χ1) is 9.34. The van der Waals surface area contributed by atoms with Crippen LogP contribution in [0.3, 0.4) is 0 Å². The van der Waals surface area contributed by atoms with Gasteiger partial charge in [-0.25, -0.2) is 9.97 Å². The zero-order valence-electron chi connectivity index (χ0n) is 12.3. The zero-order valence-corrected chi connectivity index (χ0v) is 13.8. The van der Waals surface area contributed by atoms with Crippen LogP contribution >= 0.6 is 23.4 Å². The molecular formula is C16H19ClN2S. The fraction of sp³-hybridized carbons (Fsp3) is 0.375. The molecule has 0 atom stereocenters. The number of hydrogen-bond acceptors (Lipinski definition) is 3. The van der Waals surface area contributed by atoms with E-state index in [1.165, 1.54) is 11.1 Å². The van der Waals surface area contributed by atoms with Crippen molar-refractivity contribution < 1.29 is 0 Å². The molecule has 2 nitrogen and oxygen atoms in total. The number of aromatic nitrogens is 2. The lowest BCUT2D eigenvalue weighted by molar-refractivity contribution is 0.538. The van der Waals surface area contributed by atoms with Crippen LogP contribution in [0.25, 0.3) is 0 Å². The molecule has 0 aliphatic heterocycles. The summed E-state index contributed by atoms with van der Waals surface area (Å²) in [7, 11) is 0. The van der Waals surface area contributed by atoms with E-state index < -0.39 is 0 Å². The Bertz CT molecular complexity index is 606. The van der Waals surface area contributed by atoms with Crippen molar-refractivity contribution in [1.82, 2.24) is 9.97 Å². The van der Waals surface area contributed by atoms with Crippen LogP contribution in [0.4, 0.5) is 0 Å². The van der Waals surface area contributed by atoms with Gasteiger partial charge >= 0.3 is 0 Å². The third-order valence-corrected chi connectivity index (χ3v) is 3.99. The van der Waals surface area contributed by atoms with Crippen molar-refractivity contribution in [2.24, 2.45) is 0 Å². The number of halogens is 1. The molecule has 1 aromatic carbocycles. The first kappa shape index (κ1) is 15.3. The van der Waals surface area contributed by atoms with Crippen molar-refractivity contribution in [3.05, 3.63) is 52.4 Å². The van der Waals surface area contributed by atoms with E-state index in [0.717, 1.165) is 16.6 Å². The summed E-state index contributed by atoms with van der Waals surface area (Å²) < 4.78 is 0. The molecule has 0 bridgehead atoms. The van der Waals surface area contributed by atoms with E-state index >= 15 is 0 Å². The molecule has 0 spiro atoms. The fourth-order valence-corrected chi connectivity index (χ4v) is 2.85. The molecule has 4 heteroatoms. The lowest BCUT2D eigenvalue weighted by Crippen LogP contribution is -2.16. The van der Waals surface area contributed by atoms with Crippen LogP contribution in [0.2, 0.25) is 5.15 Å². The molecule has 0 N–H and O–H groups in total. The molecule has 0 saturated carbocycles. The van der Waals surface area contributed by atoms with Gasteiger partial charge in [-0.15, -0.1) is 11.8 Å². The molecule has 0 aliphatic rings. The van der Waals surface area contributed by atoms with Crippen molar-refractivity contribution >= 4 is 23.4 Å². The van der Waals surface area contributed by atoms with Crippen LogP contribution in [-0.2, 0) is 11.2 Å². The van der Waals surface area contributed by atoms with Gasteiger partial charge in [0, 0.05) is 17.2 Å². The highest BCUT2D eigenvalue weighted by Crippen LogP contribution is 2.27. The van der Waals surface area contributed by atoms with Gasteiger partial charge in [-0.2, -0.15) is 0 Å². The third-order valence-electron chi connectivity index (χ3n) is 2.81. The highest BCUT2D eigenvalue weighted by atomic mass is 35.5. The Hall–Kier alpha value is -1.06. The highest BCUT2D eigenvalue weighted by molar-refractivity contribution is 7.98. The normalized spacial score (nSPS) is 11.7. The average molecular weight is 307 g/mol. The SMILES string of the molecule is Cc1cccc(CSc2cc(Cl)nc(C(C)(C)C)n2)c1. The standard InChI is InChI=1S/C16H19ClN2S/c1-11-6-5-7-12(8-11)10-20-14-9-13(17)18-15(19-14)16(2,3)4/h5-9H,10H2,1-4H3. The Morgan fingerprint density at radius 2 is 1.90 bits per heavy atom. The van der Waals surface area contributed by atoms with Gasteiger partial charge in [0.05, 0.1) is 0 Å². The lowest BCUT2D eigenvalue weighted by atomic mass is 9.96. The Morgan fingerprint density at radius 3 is 2.55 bits per heavy atom. The minimum Gasteiger partial charge on any atom is -0.226 e. The second-order valence-corrected chi connectivity index (χ2v) is 7.26. The van der Waals surface area contributed by atoms with Crippen molar-refractivity contribution in [3.8, 4) is 0 Å². The Labute approximate surface area is 130 Å². The van der Waals surface area contributed by atoms with Crippen LogP contribution < -0.4 is 0 Å². The molecule has 1 heterocycles. The van der Waals surface area contributed by atoms with Crippen LogP contribution in [-0.4, -0.2) is 9.97 Å². The van der Waals surface area contributed by atoms with Crippen LogP contribution in [0.5, 0.6) is 0 Å². The molecule has 0 radical (unpaired) electrons. The molecule has 1 aromatic heterocycles. The monoisotopic (exact) mass is 306 g/mol. The second-order valence-electron chi connectivity index (χ2n) is 5.88. The summed E-state index contributed by atoms with van der Waals surface area (Å²) in [5.41, 5.74) is 2.48. The van der Waals surface area contributed by atoms with Crippen molar-refractivity contribution in [2.45, 2.75) is 43.9 Å². The summed E-state index contributed by atoms with van der Waals surface area (Å²) in [4.78, 5) is 8.92. The van der Waals surface area contributed by atoms with Gasteiger partial charge in [0.25, 0.3) is 0 Å². The maximum atomic E-state index is 6.10. The van der Waals surface area contributed by atoms with Gasteiger partial charge in [-0.1, -0.05) is 62.2 Å². The summed E-state index contributed by atoms with van der Waals surface area (Å²) in [5, 5.41) is 1.44. The molecule has 0 unspecified atom stereocenters. The highest BCUT2D eigenvalue weighted by Gasteiger charge is 2.18. The third kappa shape index (κ3) is 4.22. The summed E-state index contributed by atoms with van der Waals surface area (Å²) in [6.45, 7) is 8.38. The van der Waals surface area contributed by atoms with Crippen LogP contribution in [0, 0.1) is 6.92 Å². The summed E-state index contributed by atoms with van der Waals surface area (Å²) in [6.07, 6.45) is 0. The molecule has 0 fully saturated rings. The van der Waals surface area contributed by atoms with Gasteiger partial charge in [-0.3, -0.25) is 0 Å². The summed E-state index contributed by atoms with van der Waals surface area (Å²) >= 11 is 7.79. The second kappa shape index (κ2) is 6.15. The molecule has 0 saturated heterocycles. The quantitative estimate of drug-likeness (QED) is 0.587. The maximum absolute atomic E-state index is 6.10. The van der Waals surface area contributed by atoms with E-state index in [2.05, 4.69) is 61.9 Å². The van der Waals surface area contributed by atoms with E-state index in [1.54, 1.807) is 11.8 Å². The topological polar surface area (TPSA) is 25.8 Å². The molecule has 2 aromatic rings. The van der Waals surface area contributed by atoms with Crippen LogP contribution in [0.1, 0.15) is 37.7 Å². The minimum atomic E-state index is -0.0937. The van der Waals surface area contributed by atoms with Crippen molar-refractivity contribution in [3.63, 3.8) is 0 Å². The zero-order chi connectivity index (χ0) is 14.8. The van der Waals surface area contributed by atoms with Crippen LogP contribution in [0.15, 0.2) is 35.4 Å². The Kier molecular flexibility index (Phi) is 4.71. The smallest absolute Gasteiger partial charge is 0.136 e. The van der Waals surface area contributed by atoms with Gasteiger partial charge in [0.2, 0.25) is 0 Å². The van der Waals surface area contributed by atoms with E-state index in [0.29, 0.717) is 5.15 Å². The predicted octanol–water partition coefficient (Wildman–Crippen LogP) is 5.03. The van der Waals surface area contributed by atoms with Crippen molar-refractivity contribution in [2.75, 3.05) is 0 Å². The number of benzene rings is 1. The average Bonchev–Trinajstić information content (AvgIpc) is 2.35. The summed E-state index contributed by atoms with van der Waals surface area (Å²) in [5.74, 6) is 1.68. The van der Waals surface area contributed by atoms with E-state index in [4.69, 9.17) is 11.6 Å². The molecule has 0 amide bonds. The molecule has 20 heavy (non-hydrogen) atoms. The van der Waals surface area contributed by atoms with Gasteiger partial charge in [-0.05, 0) is 12.5 Å². The Morgan fingerprint density at radius 1 is 1.15 bits per heavy atom. The van der Waals surface area contributed by atoms with E-state index in [1.807, 2.05) is 6.07 Å². The van der Waals surface area contributed by atoms with E-state index in [9.17, 15) is 0 Å².